The largest absolute Gasteiger partial charge is 0.380 e. The molecule has 14 heteroatoms. The molecule has 0 spiro atoms. The molecule has 41 heavy (non-hydrogen) atoms. The molecule has 7 nitrogen and oxygen atoms in total. The fraction of sp³-hybridized carbons (Fsp3) is 0.481. The van der Waals surface area contributed by atoms with Crippen molar-refractivity contribution < 1.29 is 23.5 Å². The molecule has 1 atom stereocenters. The molecule has 3 heterocycles. The summed E-state index contributed by atoms with van der Waals surface area (Å²) in [7, 11) is 0. The van der Waals surface area contributed by atoms with Crippen LogP contribution in [0.1, 0.15) is 35.7 Å². The lowest BCUT2D eigenvalue weighted by molar-refractivity contribution is -0.152. The highest BCUT2D eigenvalue weighted by Gasteiger charge is 2.47. The van der Waals surface area contributed by atoms with Crippen LogP contribution in [0.25, 0.3) is 0 Å². The summed E-state index contributed by atoms with van der Waals surface area (Å²) in [4.78, 5) is 30.7. The zero-order valence-corrected chi connectivity index (χ0v) is 26.1. The number of nitrogens with one attached hydrogen (secondary N) is 1. The highest BCUT2D eigenvalue weighted by molar-refractivity contribution is 7.59. The molecule has 2 aromatic carbocycles. The number of likely N-dealkylation sites (tertiary alicyclic amines) is 3. The van der Waals surface area contributed by atoms with Gasteiger partial charge in [0.1, 0.15) is 0 Å². The molecule has 0 unspecified atom stereocenters. The molecular formula is C27H30Cl4F2N4O3S. The lowest BCUT2D eigenvalue weighted by Gasteiger charge is -2.48. The first-order chi connectivity index (χ1) is 18.7. The van der Waals surface area contributed by atoms with E-state index in [4.69, 9.17) is 46.4 Å². The van der Waals surface area contributed by atoms with Crippen molar-refractivity contribution in [2.75, 3.05) is 44.6 Å². The number of benzene rings is 2. The van der Waals surface area contributed by atoms with Gasteiger partial charge in [0.15, 0.2) is 5.60 Å². The van der Waals surface area contributed by atoms with Crippen LogP contribution < -0.4 is 5.32 Å². The SMILES string of the molecule is C[C@@](O)(C(=O)N1CCC(N2CC(Nc3cc(Cl)c(C(=O)N4CC(F)(F)C4)c(Cl)c3)C2)CC1)c1cc(Cl)cc(Cl)c1.S. The van der Waals surface area contributed by atoms with Gasteiger partial charge in [-0.15, -0.1) is 0 Å². The van der Waals surface area contributed by atoms with Crippen molar-refractivity contribution in [2.45, 2.75) is 43.4 Å². The molecule has 5 rings (SSSR count). The summed E-state index contributed by atoms with van der Waals surface area (Å²) in [6.45, 7) is 2.77. The van der Waals surface area contributed by atoms with Crippen LogP contribution in [0.5, 0.6) is 0 Å². The minimum Gasteiger partial charge on any atom is -0.380 e. The number of halogens is 6. The van der Waals surface area contributed by atoms with E-state index in [0.717, 1.165) is 30.8 Å². The molecule has 3 aliphatic heterocycles. The van der Waals surface area contributed by atoms with Crippen LogP contribution in [-0.2, 0) is 10.4 Å². The zero-order chi connectivity index (χ0) is 29.0. The second-order valence-corrected chi connectivity index (χ2v) is 12.6. The van der Waals surface area contributed by atoms with Gasteiger partial charge in [0.05, 0.1) is 34.7 Å². The number of aliphatic hydroxyl groups is 1. The van der Waals surface area contributed by atoms with E-state index in [2.05, 4.69) is 10.2 Å². The third-order valence-corrected chi connectivity index (χ3v) is 8.81. The van der Waals surface area contributed by atoms with Crippen LogP contribution in [0.4, 0.5) is 14.5 Å². The van der Waals surface area contributed by atoms with Gasteiger partial charge in [-0.1, -0.05) is 46.4 Å². The maximum Gasteiger partial charge on any atom is 0.282 e. The van der Waals surface area contributed by atoms with Gasteiger partial charge in [-0.05, 0) is 55.7 Å². The first-order valence-corrected chi connectivity index (χ1v) is 14.4. The average molecular weight is 670 g/mol. The minimum absolute atomic E-state index is 0. The number of amides is 2. The van der Waals surface area contributed by atoms with Crippen LogP contribution in [0.15, 0.2) is 30.3 Å². The van der Waals surface area contributed by atoms with Crippen molar-refractivity contribution in [3.8, 4) is 0 Å². The highest BCUT2D eigenvalue weighted by atomic mass is 35.5. The lowest BCUT2D eigenvalue weighted by atomic mass is 9.92. The summed E-state index contributed by atoms with van der Waals surface area (Å²) < 4.78 is 26.3. The van der Waals surface area contributed by atoms with Crippen molar-refractivity contribution in [3.05, 3.63) is 61.5 Å². The van der Waals surface area contributed by atoms with E-state index in [9.17, 15) is 23.5 Å². The second kappa shape index (κ2) is 12.2. The Morgan fingerprint density at radius 3 is 2.00 bits per heavy atom. The molecule has 2 aromatic rings. The number of hydrogen-bond acceptors (Lipinski definition) is 5. The quantitative estimate of drug-likeness (QED) is 0.425. The topological polar surface area (TPSA) is 76.1 Å². The summed E-state index contributed by atoms with van der Waals surface area (Å²) in [5.74, 6) is -3.86. The Morgan fingerprint density at radius 2 is 1.49 bits per heavy atom. The number of carbonyl (C=O) groups is 2. The molecule has 224 valence electrons. The molecular weight excluding hydrogens is 640 g/mol. The first kappa shape index (κ1) is 32.4. The van der Waals surface area contributed by atoms with Gasteiger partial charge >= 0.3 is 0 Å². The third-order valence-electron chi connectivity index (χ3n) is 7.78. The molecule has 0 aromatic heterocycles. The fourth-order valence-electron chi connectivity index (χ4n) is 5.51. The predicted octanol–water partition coefficient (Wildman–Crippen LogP) is 5.50. The Labute approximate surface area is 264 Å². The van der Waals surface area contributed by atoms with Crippen LogP contribution in [-0.4, -0.2) is 88.9 Å². The maximum absolute atomic E-state index is 13.2. The molecule has 3 fully saturated rings. The van der Waals surface area contributed by atoms with Gasteiger partial charge in [0, 0.05) is 48.0 Å². The molecule has 0 saturated carbocycles. The maximum atomic E-state index is 13.2. The Bertz CT molecular complexity index is 1290. The van der Waals surface area contributed by atoms with Gasteiger partial charge in [-0.25, -0.2) is 8.78 Å². The summed E-state index contributed by atoms with van der Waals surface area (Å²) in [6.07, 6.45) is 1.55. The normalized spacial score (nSPS) is 20.9. The monoisotopic (exact) mass is 668 g/mol. The first-order valence-electron chi connectivity index (χ1n) is 12.9. The second-order valence-electron chi connectivity index (χ2n) is 10.9. The Balaban J connectivity index is 0.00000387. The zero-order valence-electron chi connectivity index (χ0n) is 22.1. The standard InChI is InChI=1S/C27H28Cl4F2N4O3.H2S/c1-26(40,15-6-16(28)8-17(29)7-15)25(39)35-4-2-20(3-5-35)36-11-19(12-36)34-18-9-21(30)23(22(31)10-18)24(38)37-13-27(32,33)14-37;/h6-10,19-20,34,40H,2-5,11-14H2,1H3;1H2/t26-;/m0./s1. The average Bonchev–Trinajstić information content (AvgIpc) is 2.83. The summed E-state index contributed by atoms with van der Waals surface area (Å²) in [5.41, 5.74) is -0.711. The van der Waals surface area contributed by atoms with Gasteiger partial charge in [0.25, 0.3) is 17.7 Å². The minimum atomic E-state index is -2.87. The van der Waals surface area contributed by atoms with Crippen LogP contribution in [0, 0.1) is 0 Å². The number of nitrogens with zero attached hydrogens (tertiary/aromatic N) is 3. The van der Waals surface area contributed by atoms with E-state index in [-0.39, 0.29) is 41.1 Å². The van der Waals surface area contributed by atoms with Crippen molar-refractivity contribution in [2.24, 2.45) is 0 Å². The Hall–Kier alpha value is -1.53. The summed E-state index contributed by atoms with van der Waals surface area (Å²) >= 11 is 24.8. The van der Waals surface area contributed by atoms with E-state index < -0.39 is 30.5 Å². The molecule has 0 bridgehead atoms. The molecule has 0 aliphatic carbocycles. The third kappa shape index (κ3) is 6.84. The van der Waals surface area contributed by atoms with E-state index in [1.165, 1.54) is 6.92 Å². The molecule has 3 aliphatic rings. The van der Waals surface area contributed by atoms with E-state index >= 15 is 0 Å². The molecule has 2 amide bonds. The molecule has 2 N–H and O–H groups in total. The van der Waals surface area contributed by atoms with Gasteiger partial charge in [-0.2, -0.15) is 13.5 Å². The summed E-state index contributed by atoms with van der Waals surface area (Å²) in [5, 5.41) is 15.3. The number of piperidine rings is 1. The molecule has 3 saturated heterocycles. The van der Waals surface area contributed by atoms with Gasteiger partial charge < -0.3 is 20.2 Å². The van der Waals surface area contributed by atoms with Crippen LogP contribution in [0.3, 0.4) is 0 Å². The lowest BCUT2D eigenvalue weighted by Crippen LogP contribution is -2.61. The summed E-state index contributed by atoms with van der Waals surface area (Å²) in [6, 6.07) is 8.25. The van der Waals surface area contributed by atoms with Crippen molar-refractivity contribution in [3.63, 3.8) is 0 Å². The highest BCUT2D eigenvalue weighted by Crippen LogP contribution is 2.36. The van der Waals surface area contributed by atoms with E-state index in [1.54, 1.807) is 35.2 Å². The number of anilines is 1. The number of carbonyl (C=O) groups excluding carboxylic acids is 2. The van der Waals surface area contributed by atoms with Crippen molar-refractivity contribution in [1.82, 2.24) is 14.7 Å². The van der Waals surface area contributed by atoms with Crippen LogP contribution >= 0.6 is 59.9 Å². The predicted molar refractivity (Wildman–Crippen MR) is 162 cm³/mol. The Kier molecular flexibility index (Phi) is 9.66. The van der Waals surface area contributed by atoms with Gasteiger partial charge in [-0.3, -0.25) is 14.5 Å². The van der Waals surface area contributed by atoms with E-state index in [0.29, 0.717) is 40.4 Å². The smallest absolute Gasteiger partial charge is 0.282 e. The van der Waals surface area contributed by atoms with E-state index in [1.807, 2.05) is 0 Å². The van der Waals surface area contributed by atoms with Crippen molar-refractivity contribution in [1.29, 1.82) is 0 Å². The van der Waals surface area contributed by atoms with Crippen molar-refractivity contribution >= 4 is 77.4 Å². The number of rotatable bonds is 6. The van der Waals surface area contributed by atoms with Crippen LogP contribution in [0.2, 0.25) is 20.1 Å². The van der Waals surface area contributed by atoms with Gasteiger partial charge in [0.2, 0.25) is 0 Å². The number of alkyl halides is 2. The fourth-order valence-corrected chi connectivity index (χ4v) is 6.69. The number of hydrogen-bond donors (Lipinski definition) is 2. The Morgan fingerprint density at radius 1 is 0.951 bits per heavy atom. The molecule has 0 radical (unpaired) electrons.